The van der Waals surface area contributed by atoms with Crippen LogP contribution in [0.4, 0.5) is 4.79 Å². The van der Waals surface area contributed by atoms with Gasteiger partial charge in [0, 0.05) is 12.7 Å². The van der Waals surface area contributed by atoms with Crippen LogP contribution in [0, 0.1) is 0 Å². The Labute approximate surface area is 139 Å². The Morgan fingerprint density at radius 2 is 2.12 bits per heavy atom. The SMILES string of the molecule is O=C(OCc1ccccc1)N1CCC[C@H]1c1nc2ncccc2o1. The third-order valence-electron chi connectivity index (χ3n) is 4.16. The van der Waals surface area contributed by atoms with Gasteiger partial charge >= 0.3 is 6.09 Å². The van der Waals surface area contributed by atoms with E-state index in [0.717, 1.165) is 18.4 Å². The lowest BCUT2D eigenvalue weighted by molar-refractivity contribution is 0.0881. The number of likely N-dealkylation sites (tertiary alicyclic amines) is 1. The van der Waals surface area contributed by atoms with Gasteiger partial charge in [-0.25, -0.2) is 9.78 Å². The third kappa shape index (κ3) is 2.82. The number of pyridine rings is 1. The highest BCUT2D eigenvalue weighted by Gasteiger charge is 2.34. The first-order chi connectivity index (χ1) is 11.8. The first-order valence-corrected chi connectivity index (χ1v) is 8.00. The maximum atomic E-state index is 12.4. The number of hydrogen-bond acceptors (Lipinski definition) is 5. The Balaban J connectivity index is 1.48. The standard InChI is InChI=1S/C18H17N3O3/c22-18(23-12-13-6-2-1-3-7-13)21-11-5-8-14(21)17-20-16-15(24-17)9-4-10-19-16/h1-4,6-7,9-10,14H,5,8,11-12H2/t14-/m0/s1. The van der Waals surface area contributed by atoms with E-state index in [1.807, 2.05) is 36.4 Å². The van der Waals surface area contributed by atoms with Crippen LogP contribution in [0.5, 0.6) is 0 Å². The Bertz CT molecular complexity index is 814. The average molecular weight is 323 g/mol. The van der Waals surface area contributed by atoms with Gasteiger partial charge in [0.1, 0.15) is 12.6 Å². The summed E-state index contributed by atoms with van der Waals surface area (Å²) in [5, 5.41) is 0. The largest absolute Gasteiger partial charge is 0.445 e. The lowest BCUT2D eigenvalue weighted by Crippen LogP contribution is -2.31. The number of amides is 1. The summed E-state index contributed by atoms with van der Waals surface area (Å²) >= 11 is 0. The molecule has 0 radical (unpaired) electrons. The van der Waals surface area contributed by atoms with Gasteiger partial charge in [-0.15, -0.1) is 0 Å². The molecule has 2 aromatic heterocycles. The van der Waals surface area contributed by atoms with Gasteiger partial charge in [0.2, 0.25) is 5.89 Å². The minimum atomic E-state index is -0.337. The van der Waals surface area contributed by atoms with Crippen molar-refractivity contribution in [2.24, 2.45) is 0 Å². The molecule has 1 aliphatic heterocycles. The third-order valence-corrected chi connectivity index (χ3v) is 4.16. The van der Waals surface area contributed by atoms with Gasteiger partial charge in [-0.2, -0.15) is 4.98 Å². The molecule has 4 rings (SSSR count). The molecule has 6 heteroatoms. The quantitative estimate of drug-likeness (QED) is 0.735. The summed E-state index contributed by atoms with van der Waals surface area (Å²) in [6.45, 7) is 0.905. The van der Waals surface area contributed by atoms with Crippen LogP contribution in [0.25, 0.3) is 11.2 Å². The van der Waals surface area contributed by atoms with E-state index in [0.29, 0.717) is 23.7 Å². The summed E-state index contributed by atoms with van der Waals surface area (Å²) in [5.74, 6) is 0.526. The molecule has 1 aliphatic rings. The van der Waals surface area contributed by atoms with Crippen LogP contribution in [0.3, 0.4) is 0 Å². The van der Waals surface area contributed by atoms with Crippen LogP contribution < -0.4 is 0 Å². The summed E-state index contributed by atoms with van der Waals surface area (Å²) in [4.78, 5) is 22.7. The van der Waals surface area contributed by atoms with Crippen LogP contribution in [0.15, 0.2) is 53.1 Å². The number of ether oxygens (including phenoxy) is 1. The van der Waals surface area contributed by atoms with Gasteiger partial charge in [0.15, 0.2) is 11.2 Å². The molecule has 24 heavy (non-hydrogen) atoms. The average Bonchev–Trinajstić information content (AvgIpc) is 3.26. The fraction of sp³-hybridized carbons (Fsp3) is 0.278. The molecule has 1 amide bonds. The summed E-state index contributed by atoms with van der Waals surface area (Å²) in [6, 6.07) is 13.1. The Morgan fingerprint density at radius 1 is 1.25 bits per heavy atom. The molecular weight excluding hydrogens is 306 g/mol. The summed E-state index contributed by atoms with van der Waals surface area (Å²) in [6.07, 6.45) is 3.05. The van der Waals surface area contributed by atoms with Crippen molar-refractivity contribution in [3.05, 3.63) is 60.1 Å². The van der Waals surface area contributed by atoms with E-state index in [2.05, 4.69) is 9.97 Å². The van der Waals surface area contributed by atoms with Crippen molar-refractivity contribution in [1.82, 2.24) is 14.9 Å². The number of oxazole rings is 1. The maximum Gasteiger partial charge on any atom is 0.410 e. The molecular formula is C18H17N3O3. The van der Waals surface area contributed by atoms with E-state index < -0.39 is 0 Å². The molecule has 122 valence electrons. The second-order valence-corrected chi connectivity index (χ2v) is 5.77. The lowest BCUT2D eigenvalue weighted by Gasteiger charge is -2.21. The molecule has 0 spiro atoms. The highest BCUT2D eigenvalue weighted by molar-refractivity contribution is 5.70. The van der Waals surface area contributed by atoms with Crippen molar-refractivity contribution in [1.29, 1.82) is 0 Å². The van der Waals surface area contributed by atoms with Gasteiger partial charge < -0.3 is 9.15 Å². The Morgan fingerprint density at radius 3 is 2.96 bits per heavy atom. The molecule has 1 aromatic carbocycles. The second kappa shape index (κ2) is 6.31. The van der Waals surface area contributed by atoms with E-state index in [1.54, 1.807) is 17.2 Å². The monoisotopic (exact) mass is 323 g/mol. The molecule has 6 nitrogen and oxygen atoms in total. The molecule has 3 aromatic rings. The zero-order valence-electron chi connectivity index (χ0n) is 13.1. The first kappa shape index (κ1) is 14.7. The predicted octanol–water partition coefficient (Wildman–Crippen LogP) is 3.70. The zero-order valence-corrected chi connectivity index (χ0v) is 13.1. The van der Waals surface area contributed by atoms with Gasteiger partial charge in [0.25, 0.3) is 0 Å². The van der Waals surface area contributed by atoms with Crippen molar-refractivity contribution in [2.75, 3.05) is 6.54 Å². The molecule has 3 heterocycles. The van der Waals surface area contributed by atoms with Crippen LogP contribution in [-0.2, 0) is 11.3 Å². The topological polar surface area (TPSA) is 68.5 Å². The number of carbonyl (C=O) groups is 1. The van der Waals surface area contributed by atoms with Crippen molar-refractivity contribution in [3.8, 4) is 0 Å². The summed E-state index contributed by atoms with van der Waals surface area (Å²) in [7, 11) is 0. The van der Waals surface area contributed by atoms with Crippen molar-refractivity contribution >= 4 is 17.3 Å². The van der Waals surface area contributed by atoms with Crippen molar-refractivity contribution in [2.45, 2.75) is 25.5 Å². The fourth-order valence-corrected chi connectivity index (χ4v) is 2.97. The van der Waals surface area contributed by atoms with E-state index in [1.165, 1.54) is 0 Å². The first-order valence-electron chi connectivity index (χ1n) is 8.00. The number of benzene rings is 1. The van der Waals surface area contributed by atoms with E-state index in [-0.39, 0.29) is 18.7 Å². The molecule has 1 fully saturated rings. The zero-order chi connectivity index (χ0) is 16.4. The number of rotatable bonds is 3. The van der Waals surface area contributed by atoms with Crippen molar-refractivity contribution in [3.63, 3.8) is 0 Å². The van der Waals surface area contributed by atoms with Crippen LogP contribution in [-0.4, -0.2) is 27.5 Å². The van der Waals surface area contributed by atoms with Gasteiger partial charge in [0.05, 0.1) is 0 Å². The fourth-order valence-electron chi connectivity index (χ4n) is 2.97. The van der Waals surface area contributed by atoms with Crippen LogP contribution in [0.1, 0.15) is 30.3 Å². The van der Waals surface area contributed by atoms with E-state index in [9.17, 15) is 4.79 Å². The molecule has 1 saturated heterocycles. The van der Waals surface area contributed by atoms with Gasteiger partial charge in [-0.05, 0) is 30.5 Å². The molecule has 1 atom stereocenters. The van der Waals surface area contributed by atoms with E-state index in [4.69, 9.17) is 9.15 Å². The minimum absolute atomic E-state index is 0.192. The Kier molecular flexibility index (Phi) is 3.86. The minimum Gasteiger partial charge on any atom is -0.445 e. The Hall–Kier alpha value is -2.89. The highest BCUT2D eigenvalue weighted by Crippen LogP contribution is 2.33. The number of hydrogen-bond donors (Lipinski definition) is 0. The number of fused-ring (bicyclic) bond motifs is 1. The van der Waals surface area contributed by atoms with Gasteiger partial charge in [-0.1, -0.05) is 30.3 Å². The molecule has 0 saturated carbocycles. The van der Waals surface area contributed by atoms with Crippen LogP contribution in [0.2, 0.25) is 0 Å². The number of nitrogens with zero attached hydrogens (tertiary/aromatic N) is 3. The van der Waals surface area contributed by atoms with E-state index >= 15 is 0 Å². The molecule has 0 unspecified atom stereocenters. The summed E-state index contributed by atoms with van der Waals surface area (Å²) < 4.78 is 11.2. The number of aromatic nitrogens is 2. The highest BCUT2D eigenvalue weighted by atomic mass is 16.6. The molecule has 0 aliphatic carbocycles. The van der Waals surface area contributed by atoms with Crippen LogP contribution >= 0.6 is 0 Å². The molecule has 0 bridgehead atoms. The normalized spacial score (nSPS) is 17.3. The van der Waals surface area contributed by atoms with Gasteiger partial charge in [-0.3, -0.25) is 4.90 Å². The molecule has 0 N–H and O–H groups in total. The number of carbonyl (C=O) groups excluding carboxylic acids is 1. The summed E-state index contributed by atoms with van der Waals surface area (Å²) in [5.41, 5.74) is 2.17. The predicted molar refractivity (Wildman–Crippen MR) is 87.1 cm³/mol. The van der Waals surface area contributed by atoms with Crippen molar-refractivity contribution < 1.29 is 13.9 Å². The maximum absolute atomic E-state index is 12.4. The smallest absolute Gasteiger partial charge is 0.410 e. The lowest BCUT2D eigenvalue weighted by atomic mass is 10.2. The second-order valence-electron chi connectivity index (χ2n) is 5.77.